The molecule has 0 bridgehead atoms. The van der Waals surface area contributed by atoms with E-state index in [2.05, 4.69) is 24.4 Å². The van der Waals surface area contributed by atoms with Gasteiger partial charge in [-0.1, -0.05) is 13.8 Å². The summed E-state index contributed by atoms with van der Waals surface area (Å²) in [6, 6.07) is 1.86. The van der Waals surface area contributed by atoms with Gasteiger partial charge in [0.25, 0.3) is 0 Å². The lowest BCUT2D eigenvalue weighted by atomic mass is 9.43. The van der Waals surface area contributed by atoms with E-state index in [0.717, 1.165) is 56.2 Å². The summed E-state index contributed by atoms with van der Waals surface area (Å²) in [6.07, 6.45) is 11.3. The first-order valence-corrected chi connectivity index (χ1v) is 11.8. The van der Waals surface area contributed by atoms with E-state index in [1.165, 1.54) is 0 Å². The average molecular weight is 429 g/mol. The third kappa shape index (κ3) is 2.72. The summed E-state index contributed by atoms with van der Waals surface area (Å²) >= 11 is 0. The van der Waals surface area contributed by atoms with E-state index in [-0.39, 0.29) is 17.3 Å². The molecule has 4 saturated carbocycles. The molecule has 31 heavy (non-hydrogen) atoms. The minimum atomic E-state index is -1.04. The van der Waals surface area contributed by atoms with Gasteiger partial charge in [0, 0.05) is 16.7 Å². The Labute approximate surface area is 184 Å². The largest absolute Gasteiger partial charge is 0.472 e. The Balaban J connectivity index is 1.43. The molecule has 1 heterocycles. The molecule has 7 atom stereocenters. The summed E-state index contributed by atoms with van der Waals surface area (Å²) in [4.78, 5) is 0. The number of guanidine groups is 1. The molecule has 0 radical (unpaired) electrons. The molecule has 4 aliphatic rings. The lowest BCUT2D eigenvalue weighted by Crippen LogP contribution is -2.64. The topological polar surface area (TPSA) is 128 Å². The van der Waals surface area contributed by atoms with Crippen LogP contribution in [0.5, 0.6) is 0 Å². The van der Waals surface area contributed by atoms with Crippen molar-refractivity contribution in [1.29, 1.82) is 5.41 Å². The van der Waals surface area contributed by atoms with Crippen molar-refractivity contribution in [2.75, 3.05) is 0 Å². The Morgan fingerprint density at radius 2 is 1.97 bits per heavy atom. The molecule has 1 aromatic heterocycles. The second-order valence-corrected chi connectivity index (χ2v) is 11.1. The molecule has 4 fully saturated rings. The zero-order valence-electron chi connectivity index (χ0n) is 18.7. The van der Waals surface area contributed by atoms with Gasteiger partial charge in [-0.25, -0.2) is 5.43 Å². The highest BCUT2D eigenvalue weighted by Crippen LogP contribution is 2.71. The first-order valence-electron chi connectivity index (χ1n) is 11.8. The highest BCUT2D eigenvalue weighted by molar-refractivity contribution is 5.87. The van der Waals surface area contributed by atoms with E-state index in [1.807, 2.05) is 6.07 Å². The van der Waals surface area contributed by atoms with E-state index in [4.69, 9.17) is 15.6 Å². The van der Waals surface area contributed by atoms with E-state index in [1.54, 1.807) is 12.5 Å². The van der Waals surface area contributed by atoms with Gasteiger partial charge in [0.2, 0.25) is 5.96 Å². The molecule has 5 rings (SSSR count). The normalized spacial score (nSPS) is 48.0. The monoisotopic (exact) mass is 428 g/mol. The number of fused-ring (bicyclic) bond motifs is 5. The summed E-state index contributed by atoms with van der Waals surface area (Å²) in [5.74, 6) is 1.09. The molecule has 0 aromatic carbocycles. The maximum atomic E-state index is 12.2. The second kappa shape index (κ2) is 6.82. The standard InChI is InChI=1S/C24H36N4O3/c1-21-8-5-17(27-28-20(25)26)13-15(21)3-4-19-18(21)6-9-22(2)23(29,10-11-24(19,22)30)16-7-12-31-14-16/h7,12,14-15,18-19,29-30H,3-6,8-11,13H2,1-2H3,(H4,25,26,28)/b27-17+/t15-,18-,19+,21-,22+,23-,24-/m0/s1. The lowest BCUT2D eigenvalue weighted by molar-refractivity contribution is -0.233. The van der Waals surface area contributed by atoms with Crippen LogP contribution in [0.4, 0.5) is 0 Å². The van der Waals surface area contributed by atoms with Gasteiger partial charge in [0.05, 0.1) is 18.1 Å². The Morgan fingerprint density at radius 1 is 1.16 bits per heavy atom. The van der Waals surface area contributed by atoms with Crippen LogP contribution in [-0.4, -0.2) is 27.5 Å². The van der Waals surface area contributed by atoms with Gasteiger partial charge >= 0.3 is 0 Å². The first-order chi connectivity index (χ1) is 14.6. The van der Waals surface area contributed by atoms with Gasteiger partial charge in [-0.2, -0.15) is 5.10 Å². The van der Waals surface area contributed by atoms with E-state index in [9.17, 15) is 10.2 Å². The molecule has 4 aliphatic carbocycles. The van der Waals surface area contributed by atoms with Crippen molar-refractivity contribution in [3.63, 3.8) is 0 Å². The number of nitrogens with two attached hydrogens (primary N) is 1. The predicted octanol–water partition coefficient (Wildman–Crippen LogP) is 3.46. The number of hydrazone groups is 1. The van der Waals surface area contributed by atoms with Gasteiger partial charge < -0.3 is 20.4 Å². The molecule has 0 amide bonds. The van der Waals surface area contributed by atoms with Crippen molar-refractivity contribution in [3.05, 3.63) is 24.2 Å². The van der Waals surface area contributed by atoms with Crippen molar-refractivity contribution < 1.29 is 14.6 Å². The van der Waals surface area contributed by atoms with Gasteiger partial charge in [-0.05, 0) is 87.0 Å². The van der Waals surface area contributed by atoms with E-state index < -0.39 is 16.6 Å². The summed E-state index contributed by atoms with van der Waals surface area (Å²) in [6.45, 7) is 4.53. The fourth-order valence-electron chi connectivity index (χ4n) is 8.25. The van der Waals surface area contributed by atoms with Crippen LogP contribution in [-0.2, 0) is 5.60 Å². The second-order valence-electron chi connectivity index (χ2n) is 11.1. The maximum absolute atomic E-state index is 12.2. The number of nitrogens with zero attached hydrogens (tertiary/aromatic N) is 1. The van der Waals surface area contributed by atoms with E-state index >= 15 is 0 Å². The molecule has 0 spiro atoms. The number of hydrogen-bond donors (Lipinski definition) is 5. The van der Waals surface area contributed by atoms with E-state index in [0.29, 0.717) is 24.7 Å². The smallest absolute Gasteiger partial charge is 0.206 e. The number of furan rings is 1. The zero-order valence-corrected chi connectivity index (χ0v) is 18.7. The third-order valence-electron chi connectivity index (χ3n) is 10.2. The predicted molar refractivity (Wildman–Crippen MR) is 118 cm³/mol. The quantitative estimate of drug-likeness (QED) is 0.280. The Morgan fingerprint density at radius 3 is 2.68 bits per heavy atom. The first kappa shape index (κ1) is 21.0. The summed E-state index contributed by atoms with van der Waals surface area (Å²) in [5, 5.41) is 35.8. The number of nitrogens with one attached hydrogen (secondary N) is 2. The third-order valence-corrected chi connectivity index (χ3v) is 10.2. The molecular weight excluding hydrogens is 392 g/mol. The molecule has 7 heteroatoms. The summed E-state index contributed by atoms with van der Waals surface area (Å²) < 4.78 is 5.31. The lowest BCUT2D eigenvalue weighted by Gasteiger charge is -2.64. The highest BCUT2D eigenvalue weighted by atomic mass is 16.3. The molecule has 1 aromatic rings. The van der Waals surface area contributed by atoms with Crippen LogP contribution in [0.15, 0.2) is 28.1 Å². The molecule has 0 saturated heterocycles. The van der Waals surface area contributed by atoms with Gasteiger partial charge in [0.15, 0.2) is 0 Å². The molecule has 0 aliphatic heterocycles. The van der Waals surface area contributed by atoms with Crippen LogP contribution in [0.3, 0.4) is 0 Å². The number of hydrogen-bond acceptors (Lipinski definition) is 5. The summed E-state index contributed by atoms with van der Waals surface area (Å²) in [5.41, 5.74) is 7.63. The molecule has 170 valence electrons. The molecular formula is C24H36N4O3. The zero-order chi connectivity index (χ0) is 22.1. The average Bonchev–Trinajstić information content (AvgIpc) is 3.34. The SMILES string of the molecule is C[C@]12CC/C(=N\NC(=N)N)C[C@@H]1CC[C@@H]1[C@@H]2CC[C@]2(C)[C@@](O)(c3ccoc3)CC[C@]12O. The fraction of sp³-hybridized carbons (Fsp3) is 0.750. The van der Waals surface area contributed by atoms with Crippen molar-refractivity contribution in [2.24, 2.45) is 39.4 Å². The Bertz CT molecular complexity index is 901. The van der Waals surface area contributed by atoms with Gasteiger partial charge in [0.1, 0.15) is 5.60 Å². The molecule has 6 N–H and O–H groups in total. The van der Waals surface area contributed by atoms with Crippen LogP contribution >= 0.6 is 0 Å². The minimum Gasteiger partial charge on any atom is -0.472 e. The number of rotatable bonds is 2. The summed E-state index contributed by atoms with van der Waals surface area (Å²) in [7, 11) is 0. The Kier molecular flexibility index (Phi) is 4.62. The van der Waals surface area contributed by atoms with Crippen LogP contribution in [0, 0.1) is 34.0 Å². The number of aliphatic hydroxyl groups is 2. The van der Waals surface area contributed by atoms with Crippen molar-refractivity contribution in [2.45, 2.75) is 82.8 Å². The highest BCUT2D eigenvalue weighted by Gasteiger charge is 2.72. The molecule has 0 unspecified atom stereocenters. The van der Waals surface area contributed by atoms with Crippen molar-refractivity contribution >= 4 is 11.7 Å². The van der Waals surface area contributed by atoms with Crippen LogP contribution in [0.25, 0.3) is 0 Å². The van der Waals surface area contributed by atoms with Crippen LogP contribution < -0.4 is 11.2 Å². The van der Waals surface area contributed by atoms with Crippen LogP contribution in [0.1, 0.15) is 77.2 Å². The molecule has 7 nitrogen and oxygen atoms in total. The van der Waals surface area contributed by atoms with Crippen molar-refractivity contribution in [3.8, 4) is 0 Å². The van der Waals surface area contributed by atoms with Gasteiger partial charge in [-0.15, -0.1) is 0 Å². The minimum absolute atomic E-state index is 0.121. The van der Waals surface area contributed by atoms with Crippen LogP contribution in [0.2, 0.25) is 0 Å². The Hall–Kier alpha value is -1.86. The fourth-order valence-corrected chi connectivity index (χ4v) is 8.25. The van der Waals surface area contributed by atoms with Crippen molar-refractivity contribution in [1.82, 2.24) is 5.43 Å². The van der Waals surface area contributed by atoms with Gasteiger partial charge in [-0.3, -0.25) is 5.41 Å². The maximum Gasteiger partial charge on any atom is 0.206 e.